The molecule has 2 rings (SSSR count). The van der Waals surface area contributed by atoms with Crippen LogP contribution in [0.1, 0.15) is 6.92 Å². The summed E-state index contributed by atoms with van der Waals surface area (Å²) in [6.45, 7) is 7.81. The van der Waals surface area contributed by atoms with Crippen LogP contribution in [0.4, 0.5) is 5.69 Å². The molecule has 0 spiro atoms. The van der Waals surface area contributed by atoms with E-state index in [9.17, 15) is 0 Å². The maximum Gasteiger partial charge on any atom is 0.120 e. The highest BCUT2D eigenvalue weighted by atomic mass is 16.5. The molecule has 1 heterocycles. The van der Waals surface area contributed by atoms with E-state index in [2.05, 4.69) is 28.9 Å². The smallest absolute Gasteiger partial charge is 0.120 e. The highest BCUT2D eigenvalue weighted by molar-refractivity contribution is 5.50. The minimum Gasteiger partial charge on any atom is -0.497 e. The lowest BCUT2D eigenvalue weighted by Gasteiger charge is -2.35. The standard InChI is InChI=1S/C13H19N2O/c1-3-14-7-9-15(10-8-14)12-5-4-6-13(11-12)16-2/h4,6,11H,3,7-10H2,1-2H3. The molecule has 1 saturated heterocycles. The van der Waals surface area contributed by atoms with Gasteiger partial charge in [-0.3, -0.25) is 0 Å². The molecule has 87 valence electrons. The second-order valence-electron chi connectivity index (χ2n) is 4.04. The largest absolute Gasteiger partial charge is 0.497 e. The molecule has 1 aromatic rings. The van der Waals surface area contributed by atoms with Crippen molar-refractivity contribution in [3.8, 4) is 5.75 Å². The van der Waals surface area contributed by atoms with Crippen molar-refractivity contribution in [3.05, 3.63) is 24.3 Å². The first-order valence-electron chi connectivity index (χ1n) is 5.86. The van der Waals surface area contributed by atoms with Crippen molar-refractivity contribution in [1.29, 1.82) is 0 Å². The molecule has 1 aliphatic heterocycles. The molecular weight excluding hydrogens is 200 g/mol. The van der Waals surface area contributed by atoms with E-state index in [1.54, 1.807) is 7.11 Å². The van der Waals surface area contributed by atoms with Gasteiger partial charge in [-0.25, -0.2) is 0 Å². The molecule has 0 bridgehead atoms. The van der Waals surface area contributed by atoms with Crippen LogP contribution in [0.15, 0.2) is 18.2 Å². The Balaban J connectivity index is 2.02. The lowest BCUT2D eigenvalue weighted by Crippen LogP contribution is -2.46. The summed E-state index contributed by atoms with van der Waals surface area (Å²) < 4.78 is 5.23. The molecular formula is C13H19N2O. The van der Waals surface area contributed by atoms with Gasteiger partial charge in [-0.1, -0.05) is 6.92 Å². The predicted molar refractivity (Wildman–Crippen MR) is 66.2 cm³/mol. The van der Waals surface area contributed by atoms with E-state index in [1.807, 2.05) is 12.1 Å². The number of anilines is 1. The molecule has 0 N–H and O–H groups in total. The van der Waals surface area contributed by atoms with Crippen LogP contribution in [0.5, 0.6) is 5.75 Å². The molecule has 0 atom stereocenters. The Morgan fingerprint density at radius 2 is 2.06 bits per heavy atom. The van der Waals surface area contributed by atoms with Crippen molar-refractivity contribution < 1.29 is 4.74 Å². The van der Waals surface area contributed by atoms with Gasteiger partial charge in [-0.2, -0.15) is 0 Å². The number of nitrogens with zero attached hydrogens (tertiary/aromatic N) is 2. The predicted octanol–water partition coefficient (Wildman–Crippen LogP) is 1.64. The molecule has 0 aliphatic carbocycles. The zero-order valence-electron chi connectivity index (χ0n) is 10.1. The Labute approximate surface area is 97.6 Å². The number of ether oxygens (including phenoxy) is 1. The zero-order chi connectivity index (χ0) is 11.4. The number of benzene rings is 1. The van der Waals surface area contributed by atoms with E-state index in [4.69, 9.17) is 4.74 Å². The van der Waals surface area contributed by atoms with Crippen molar-refractivity contribution >= 4 is 5.69 Å². The van der Waals surface area contributed by atoms with E-state index in [-0.39, 0.29) is 0 Å². The van der Waals surface area contributed by atoms with Gasteiger partial charge in [-0.05, 0) is 18.7 Å². The minimum absolute atomic E-state index is 0.909. The molecule has 1 aliphatic rings. The number of likely N-dealkylation sites (N-methyl/N-ethyl adjacent to an activating group) is 1. The van der Waals surface area contributed by atoms with E-state index in [0.717, 1.165) is 44.2 Å². The van der Waals surface area contributed by atoms with E-state index >= 15 is 0 Å². The second kappa shape index (κ2) is 5.21. The molecule has 0 saturated carbocycles. The third kappa shape index (κ3) is 2.47. The molecule has 16 heavy (non-hydrogen) atoms. The van der Waals surface area contributed by atoms with Gasteiger partial charge in [0, 0.05) is 44.0 Å². The van der Waals surface area contributed by atoms with E-state index in [1.165, 1.54) is 0 Å². The molecule has 0 unspecified atom stereocenters. The first kappa shape index (κ1) is 11.3. The van der Waals surface area contributed by atoms with Crippen LogP contribution < -0.4 is 9.64 Å². The van der Waals surface area contributed by atoms with Crippen molar-refractivity contribution in [2.45, 2.75) is 6.92 Å². The highest BCUT2D eigenvalue weighted by Gasteiger charge is 2.15. The van der Waals surface area contributed by atoms with Gasteiger partial charge in [0.1, 0.15) is 5.75 Å². The van der Waals surface area contributed by atoms with Crippen LogP contribution in [-0.4, -0.2) is 44.7 Å². The molecule has 3 nitrogen and oxygen atoms in total. The van der Waals surface area contributed by atoms with Gasteiger partial charge >= 0.3 is 0 Å². The van der Waals surface area contributed by atoms with Crippen molar-refractivity contribution in [2.75, 3.05) is 44.7 Å². The van der Waals surface area contributed by atoms with Gasteiger partial charge < -0.3 is 14.5 Å². The first-order chi connectivity index (χ1) is 7.83. The van der Waals surface area contributed by atoms with Crippen molar-refractivity contribution in [1.82, 2.24) is 4.90 Å². The Morgan fingerprint density at radius 1 is 1.31 bits per heavy atom. The fourth-order valence-corrected chi connectivity index (χ4v) is 2.05. The normalized spacial score (nSPS) is 17.5. The molecule has 1 fully saturated rings. The second-order valence-corrected chi connectivity index (χ2v) is 4.04. The highest BCUT2D eigenvalue weighted by Crippen LogP contribution is 2.21. The zero-order valence-corrected chi connectivity index (χ0v) is 10.1. The molecule has 0 aromatic heterocycles. The van der Waals surface area contributed by atoms with Crippen LogP contribution in [0.2, 0.25) is 0 Å². The minimum atomic E-state index is 0.909. The maximum absolute atomic E-state index is 5.23. The van der Waals surface area contributed by atoms with Crippen LogP contribution in [0.25, 0.3) is 0 Å². The Hall–Kier alpha value is -1.22. The summed E-state index contributed by atoms with van der Waals surface area (Å²) in [4.78, 5) is 4.84. The quantitative estimate of drug-likeness (QED) is 0.768. The topological polar surface area (TPSA) is 15.7 Å². The van der Waals surface area contributed by atoms with Gasteiger partial charge in [0.15, 0.2) is 0 Å². The fourth-order valence-electron chi connectivity index (χ4n) is 2.05. The number of methoxy groups -OCH3 is 1. The summed E-state index contributed by atoms with van der Waals surface area (Å²) in [5, 5.41) is 0. The SMILES string of the molecule is CCN1CCN(c2[c]ccc(OC)c2)CC1. The maximum atomic E-state index is 5.23. The van der Waals surface area contributed by atoms with Crippen LogP contribution in [-0.2, 0) is 0 Å². The molecule has 1 aromatic carbocycles. The first-order valence-corrected chi connectivity index (χ1v) is 5.86. The van der Waals surface area contributed by atoms with Crippen LogP contribution >= 0.6 is 0 Å². The summed E-state index contributed by atoms with van der Waals surface area (Å²) in [6, 6.07) is 9.20. The lowest BCUT2D eigenvalue weighted by molar-refractivity contribution is 0.271. The Bertz CT molecular complexity index is 332. The van der Waals surface area contributed by atoms with Gasteiger partial charge in [-0.15, -0.1) is 0 Å². The summed E-state index contributed by atoms with van der Waals surface area (Å²) in [7, 11) is 1.70. The average Bonchev–Trinajstić information content (AvgIpc) is 2.39. The number of rotatable bonds is 3. The summed E-state index contributed by atoms with van der Waals surface area (Å²) >= 11 is 0. The third-order valence-electron chi connectivity index (χ3n) is 3.15. The molecule has 1 radical (unpaired) electrons. The van der Waals surface area contributed by atoms with Crippen LogP contribution in [0, 0.1) is 6.07 Å². The lowest BCUT2D eigenvalue weighted by atomic mass is 10.2. The number of hydrogen-bond donors (Lipinski definition) is 0. The number of piperazine rings is 1. The average molecular weight is 219 g/mol. The van der Waals surface area contributed by atoms with E-state index < -0.39 is 0 Å². The summed E-state index contributed by atoms with van der Waals surface area (Å²) in [5.41, 5.74) is 1.15. The molecule has 3 heteroatoms. The molecule has 0 amide bonds. The van der Waals surface area contributed by atoms with Gasteiger partial charge in [0.2, 0.25) is 0 Å². The van der Waals surface area contributed by atoms with Crippen LogP contribution in [0.3, 0.4) is 0 Å². The van der Waals surface area contributed by atoms with Gasteiger partial charge in [0.05, 0.1) is 7.11 Å². The van der Waals surface area contributed by atoms with Crippen molar-refractivity contribution in [2.24, 2.45) is 0 Å². The monoisotopic (exact) mass is 219 g/mol. The third-order valence-corrected chi connectivity index (χ3v) is 3.15. The Morgan fingerprint density at radius 3 is 2.69 bits per heavy atom. The Kier molecular flexibility index (Phi) is 3.67. The summed E-state index contributed by atoms with van der Waals surface area (Å²) in [6.07, 6.45) is 0. The summed E-state index contributed by atoms with van der Waals surface area (Å²) in [5.74, 6) is 0.909. The fraction of sp³-hybridized carbons (Fsp3) is 0.538. The van der Waals surface area contributed by atoms with Crippen molar-refractivity contribution in [3.63, 3.8) is 0 Å². The van der Waals surface area contributed by atoms with Gasteiger partial charge in [0.25, 0.3) is 0 Å². The number of hydrogen-bond acceptors (Lipinski definition) is 3. The van der Waals surface area contributed by atoms with E-state index in [0.29, 0.717) is 0 Å².